The minimum atomic E-state index is -0.0382. The summed E-state index contributed by atoms with van der Waals surface area (Å²) >= 11 is 1.72. The molecule has 0 amide bonds. The SMILES string of the molecule is Cc1ccc(C(NN)c2ncc[nH]2)s1. The summed E-state index contributed by atoms with van der Waals surface area (Å²) in [4.78, 5) is 9.67. The molecule has 4 N–H and O–H groups in total. The van der Waals surface area contributed by atoms with Crippen LogP contribution < -0.4 is 11.3 Å². The highest BCUT2D eigenvalue weighted by molar-refractivity contribution is 7.12. The largest absolute Gasteiger partial charge is 0.347 e. The maximum atomic E-state index is 5.50. The number of nitrogens with two attached hydrogens (primary N) is 1. The first-order valence-electron chi connectivity index (χ1n) is 4.33. The van der Waals surface area contributed by atoms with Gasteiger partial charge in [0.25, 0.3) is 0 Å². The lowest BCUT2D eigenvalue weighted by Gasteiger charge is -2.10. The van der Waals surface area contributed by atoms with E-state index >= 15 is 0 Å². The van der Waals surface area contributed by atoms with E-state index in [2.05, 4.69) is 34.5 Å². The summed E-state index contributed by atoms with van der Waals surface area (Å²) in [6, 6.07) is 4.10. The Morgan fingerprint density at radius 2 is 2.43 bits per heavy atom. The third kappa shape index (κ3) is 1.70. The van der Waals surface area contributed by atoms with Gasteiger partial charge in [0, 0.05) is 22.1 Å². The third-order valence-corrected chi connectivity index (χ3v) is 3.07. The van der Waals surface area contributed by atoms with Crippen LogP contribution >= 0.6 is 11.3 Å². The van der Waals surface area contributed by atoms with Crippen molar-refractivity contribution in [3.8, 4) is 0 Å². The van der Waals surface area contributed by atoms with Gasteiger partial charge in [-0.15, -0.1) is 11.3 Å². The van der Waals surface area contributed by atoms with Gasteiger partial charge in [-0.2, -0.15) is 0 Å². The molecule has 14 heavy (non-hydrogen) atoms. The molecule has 1 atom stereocenters. The highest BCUT2D eigenvalue weighted by Crippen LogP contribution is 2.25. The molecule has 0 fully saturated rings. The van der Waals surface area contributed by atoms with Crippen LogP contribution in [0.1, 0.15) is 21.6 Å². The maximum Gasteiger partial charge on any atom is 0.129 e. The number of thiophene rings is 1. The summed E-state index contributed by atoms with van der Waals surface area (Å²) in [5.74, 6) is 6.34. The van der Waals surface area contributed by atoms with Crippen molar-refractivity contribution in [1.82, 2.24) is 15.4 Å². The highest BCUT2D eigenvalue weighted by Gasteiger charge is 2.15. The van der Waals surface area contributed by atoms with Crippen molar-refractivity contribution in [1.29, 1.82) is 0 Å². The van der Waals surface area contributed by atoms with Crippen LogP contribution in [0.2, 0.25) is 0 Å². The number of nitrogens with zero attached hydrogens (tertiary/aromatic N) is 1. The molecule has 5 heteroatoms. The first-order chi connectivity index (χ1) is 6.81. The molecule has 0 aliphatic heterocycles. The number of aryl methyl sites for hydroxylation is 1. The van der Waals surface area contributed by atoms with E-state index in [4.69, 9.17) is 5.84 Å². The molecule has 74 valence electrons. The predicted molar refractivity (Wildman–Crippen MR) is 56.8 cm³/mol. The molecule has 1 unspecified atom stereocenters. The van der Waals surface area contributed by atoms with E-state index in [1.54, 1.807) is 23.7 Å². The Labute approximate surface area is 86.1 Å². The van der Waals surface area contributed by atoms with Crippen molar-refractivity contribution >= 4 is 11.3 Å². The van der Waals surface area contributed by atoms with Gasteiger partial charge < -0.3 is 4.98 Å². The predicted octanol–water partition coefficient (Wildman–Crippen LogP) is 1.33. The minimum Gasteiger partial charge on any atom is -0.347 e. The topological polar surface area (TPSA) is 66.7 Å². The standard InChI is InChI=1S/C9H12N4S/c1-6-2-3-7(14-6)8(13-10)9-11-4-5-12-9/h2-5,8,13H,10H2,1H3,(H,11,12). The number of imidazole rings is 1. The number of hydrogen-bond donors (Lipinski definition) is 3. The number of hydrazine groups is 1. The number of aromatic amines is 1. The van der Waals surface area contributed by atoms with Gasteiger partial charge in [0.1, 0.15) is 11.9 Å². The quantitative estimate of drug-likeness (QED) is 0.526. The molecular formula is C9H12N4S. The monoisotopic (exact) mass is 208 g/mol. The van der Waals surface area contributed by atoms with Gasteiger partial charge in [0.2, 0.25) is 0 Å². The summed E-state index contributed by atoms with van der Waals surface area (Å²) in [7, 11) is 0. The zero-order valence-electron chi connectivity index (χ0n) is 7.82. The molecule has 2 heterocycles. The average molecular weight is 208 g/mol. The van der Waals surface area contributed by atoms with Crippen LogP contribution in [0, 0.1) is 6.92 Å². The summed E-state index contributed by atoms with van der Waals surface area (Å²) in [5.41, 5.74) is 2.75. The molecule has 0 saturated heterocycles. The Hall–Kier alpha value is -1.17. The number of hydrogen-bond acceptors (Lipinski definition) is 4. The Balaban J connectivity index is 2.31. The normalized spacial score (nSPS) is 13.0. The van der Waals surface area contributed by atoms with Gasteiger partial charge in [-0.1, -0.05) is 0 Å². The van der Waals surface area contributed by atoms with Crippen molar-refractivity contribution in [2.24, 2.45) is 5.84 Å². The number of nitrogens with one attached hydrogen (secondary N) is 2. The van der Waals surface area contributed by atoms with Crippen LogP contribution in [0.25, 0.3) is 0 Å². The fourth-order valence-corrected chi connectivity index (χ4v) is 2.28. The van der Waals surface area contributed by atoms with E-state index in [1.807, 2.05) is 0 Å². The molecular weight excluding hydrogens is 196 g/mol. The van der Waals surface area contributed by atoms with Crippen molar-refractivity contribution in [3.05, 3.63) is 40.1 Å². The molecule has 0 spiro atoms. The fraction of sp³-hybridized carbons (Fsp3) is 0.222. The van der Waals surface area contributed by atoms with Gasteiger partial charge in [0.15, 0.2) is 0 Å². The van der Waals surface area contributed by atoms with Crippen molar-refractivity contribution in [2.75, 3.05) is 0 Å². The van der Waals surface area contributed by atoms with Gasteiger partial charge in [0.05, 0.1) is 0 Å². The molecule has 0 radical (unpaired) electrons. The van der Waals surface area contributed by atoms with Crippen molar-refractivity contribution in [2.45, 2.75) is 13.0 Å². The molecule has 0 saturated carbocycles. The third-order valence-electron chi connectivity index (χ3n) is 2.01. The van der Waals surface area contributed by atoms with Gasteiger partial charge in [-0.05, 0) is 19.1 Å². The number of aromatic nitrogens is 2. The van der Waals surface area contributed by atoms with E-state index in [1.165, 1.54) is 9.75 Å². The second-order valence-corrected chi connectivity index (χ2v) is 4.34. The fourth-order valence-electron chi connectivity index (χ4n) is 1.34. The number of H-pyrrole nitrogens is 1. The van der Waals surface area contributed by atoms with Crippen LogP contribution in [0.4, 0.5) is 0 Å². The minimum absolute atomic E-state index is 0.0382. The first kappa shape index (κ1) is 9.39. The van der Waals surface area contributed by atoms with Crippen molar-refractivity contribution in [3.63, 3.8) is 0 Å². The lowest BCUT2D eigenvalue weighted by atomic mass is 10.2. The summed E-state index contributed by atoms with van der Waals surface area (Å²) < 4.78 is 0. The molecule has 4 nitrogen and oxygen atoms in total. The summed E-state index contributed by atoms with van der Waals surface area (Å²) in [6.07, 6.45) is 3.51. The second-order valence-electron chi connectivity index (χ2n) is 3.02. The molecule has 0 aliphatic carbocycles. The second kappa shape index (κ2) is 3.91. The summed E-state index contributed by atoms with van der Waals surface area (Å²) in [6.45, 7) is 2.07. The van der Waals surface area contributed by atoms with E-state index in [9.17, 15) is 0 Å². The van der Waals surface area contributed by atoms with Gasteiger partial charge >= 0.3 is 0 Å². The first-order valence-corrected chi connectivity index (χ1v) is 5.14. The molecule has 0 aliphatic rings. The zero-order valence-corrected chi connectivity index (χ0v) is 8.64. The molecule has 2 aromatic rings. The maximum absolute atomic E-state index is 5.50. The molecule has 2 aromatic heterocycles. The Kier molecular flexibility index (Phi) is 2.62. The molecule has 0 aromatic carbocycles. The lowest BCUT2D eigenvalue weighted by Crippen LogP contribution is -2.29. The smallest absolute Gasteiger partial charge is 0.129 e. The summed E-state index contributed by atoms with van der Waals surface area (Å²) in [5, 5.41) is 0. The van der Waals surface area contributed by atoms with E-state index in [-0.39, 0.29) is 6.04 Å². The van der Waals surface area contributed by atoms with Crippen molar-refractivity contribution < 1.29 is 0 Å². The van der Waals surface area contributed by atoms with E-state index in [0.717, 1.165) is 5.82 Å². The van der Waals surface area contributed by atoms with Crippen LogP contribution in [0.15, 0.2) is 24.5 Å². The van der Waals surface area contributed by atoms with Crippen LogP contribution in [-0.2, 0) is 0 Å². The average Bonchev–Trinajstić information content (AvgIpc) is 2.79. The van der Waals surface area contributed by atoms with Crippen LogP contribution in [0.3, 0.4) is 0 Å². The van der Waals surface area contributed by atoms with Crippen LogP contribution in [-0.4, -0.2) is 9.97 Å². The van der Waals surface area contributed by atoms with E-state index in [0.29, 0.717) is 0 Å². The molecule has 2 rings (SSSR count). The molecule has 0 bridgehead atoms. The van der Waals surface area contributed by atoms with Crippen LogP contribution in [0.5, 0.6) is 0 Å². The Morgan fingerprint density at radius 1 is 1.57 bits per heavy atom. The Morgan fingerprint density at radius 3 is 2.93 bits per heavy atom. The lowest BCUT2D eigenvalue weighted by molar-refractivity contribution is 0.617. The number of rotatable bonds is 3. The van der Waals surface area contributed by atoms with E-state index < -0.39 is 0 Å². The zero-order chi connectivity index (χ0) is 9.97. The Bertz CT molecular complexity index is 393. The van der Waals surface area contributed by atoms with Gasteiger partial charge in [-0.25, -0.2) is 10.4 Å². The highest BCUT2D eigenvalue weighted by atomic mass is 32.1. The van der Waals surface area contributed by atoms with Gasteiger partial charge in [-0.3, -0.25) is 5.84 Å².